The molecule has 1 atom stereocenters. The normalized spacial score (nSPS) is 12.1. The van der Waals surface area contributed by atoms with Crippen LogP contribution in [-0.4, -0.2) is 26.0 Å². The van der Waals surface area contributed by atoms with E-state index in [9.17, 15) is 4.79 Å². The van der Waals surface area contributed by atoms with E-state index < -0.39 is 0 Å². The lowest BCUT2D eigenvalue weighted by atomic mass is 9.97. The summed E-state index contributed by atoms with van der Waals surface area (Å²) in [4.78, 5) is 12.6. The number of nitrogens with one attached hydrogen (secondary N) is 1. The molecule has 1 N–H and O–H groups in total. The summed E-state index contributed by atoms with van der Waals surface area (Å²) >= 11 is 0. The van der Waals surface area contributed by atoms with Crippen LogP contribution in [0.5, 0.6) is 0 Å². The molecule has 0 fully saturated rings. The van der Waals surface area contributed by atoms with Gasteiger partial charge in [-0.1, -0.05) is 60.7 Å². The predicted molar refractivity (Wildman–Crippen MR) is 79.8 cm³/mol. The Balaban J connectivity index is 2.20. The Morgan fingerprint density at radius 2 is 1.65 bits per heavy atom. The molecule has 2 aromatic rings. The number of Topliss-reactive ketones (excluding diaryl/α,β-unsaturated/α-hetero) is 1. The molecule has 104 valence electrons. The highest BCUT2D eigenvalue weighted by atomic mass is 16.5. The molecule has 2 rings (SSSR count). The molecule has 3 nitrogen and oxygen atoms in total. The van der Waals surface area contributed by atoms with Crippen molar-refractivity contribution < 1.29 is 9.53 Å². The van der Waals surface area contributed by atoms with Gasteiger partial charge in [0.25, 0.3) is 0 Å². The molecule has 0 saturated carbocycles. The Labute approximate surface area is 119 Å². The minimum Gasteiger partial charge on any atom is -0.383 e. The largest absolute Gasteiger partial charge is 0.383 e. The van der Waals surface area contributed by atoms with Gasteiger partial charge in [0, 0.05) is 19.2 Å². The molecule has 0 radical (unpaired) electrons. The van der Waals surface area contributed by atoms with Crippen LogP contribution in [0.1, 0.15) is 22.0 Å². The molecular formula is C17H19NO2. The second kappa shape index (κ2) is 7.58. The summed E-state index contributed by atoms with van der Waals surface area (Å²) in [5.74, 6) is 0.0768. The molecular weight excluding hydrogens is 250 g/mol. The van der Waals surface area contributed by atoms with Gasteiger partial charge in [0.1, 0.15) is 0 Å². The van der Waals surface area contributed by atoms with E-state index in [0.717, 1.165) is 5.56 Å². The highest BCUT2D eigenvalue weighted by Gasteiger charge is 2.20. The first-order chi connectivity index (χ1) is 9.83. The van der Waals surface area contributed by atoms with Gasteiger partial charge in [0.05, 0.1) is 12.6 Å². The van der Waals surface area contributed by atoms with Crippen molar-refractivity contribution in [3.63, 3.8) is 0 Å². The Kier molecular flexibility index (Phi) is 5.47. The van der Waals surface area contributed by atoms with Crippen LogP contribution in [0.4, 0.5) is 0 Å². The molecule has 0 heterocycles. The quantitative estimate of drug-likeness (QED) is 0.620. The van der Waals surface area contributed by atoms with Crippen molar-refractivity contribution in [2.45, 2.75) is 6.04 Å². The summed E-state index contributed by atoms with van der Waals surface area (Å²) in [6, 6.07) is 18.8. The first kappa shape index (κ1) is 14.4. The number of carbonyl (C=O) groups excluding carboxylic acids is 1. The van der Waals surface area contributed by atoms with Gasteiger partial charge in [0.2, 0.25) is 0 Å². The Morgan fingerprint density at radius 1 is 1.05 bits per heavy atom. The number of benzene rings is 2. The molecule has 0 spiro atoms. The van der Waals surface area contributed by atoms with Gasteiger partial charge in [-0.25, -0.2) is 0 Å². The van der Waals surface area contributed by atoms with Crippen molar-refractivity contribution in [2.75, 3.05) is 20.3 Å². The van der Waals surface area contributed by atoms with Crippen LogP contribution in [0.25, 0.3) is 0 Å². The number of carbonyl (C=O) groups is 1. The SMILES string of the molecule is COCCN[C@@H](C(=O)c1ccccc1)c1ccccc1. The van der Waals surface area contributed by atoms with E-state index in [1.54, 1.807) is 7.11 Å². The van der Waals surface area contributed by atoms with E-state index in [1.165, 1.54) is 0 Å². The standard InChI is InChI=1S/C17H19NO2/c1-20-13-12-18-16(14-8-4-2-5-9-14)17(19)15-10-6-3-7-11-15/h2-11,16,18H,12-13H2,1H3/t16-/m1/s1. The van der Waals surface area contributed by atoms with Crippen LogP contribution in [0, 0.1) is 0 Å². The number of ketones is 1. The highest BCUT2D eigenvalue weighted by molar-refractivity contribution is 6.00. The van der Waals surface area contributed by atoms with Gasteiger partial charge in [0.15, 0.2) is 5.78 Å². The molecule has 2 aromatic carbocycles. The number of hydrogen-bond acceptors (Lipinski definition) is 3. The van der Waals surface area contributed by atoms with Crippen molar-refractivity contribution in [1.82, 2.24) is 5.32 Å². The summed E-state index contributed by atoms with van der Waals surface area (Å²) in [5, 5.41) is 3.26. The monoisotopic (exact) mass is 269 g/mol. The predicted octanol–water partition coefficient (Wildman–Crippen LogP) is 2.85. The number of methoxy groups -OCH3 is 1. The van der Waals surface area contributed by atoms with E-state index in [1.807, 2.05) is 60.7 Å². The lowest BCUT2D eigenvalue weighted by Crippen LogP contribution is -2.31. The second-order valence-electron chi connectivity index (χ2n) is 4.52. The average Bonchev–Trinajstić information content (AvgIpc) is 2.53. The molecule has 0 aromatic heterocycles. The maximum absolute atomic E-state index is 12.6. The molecule has 0 aliphatic heterocycles. The van der Waals surface area contributed by atoms with E-state index >= 15 is 0 Å². The zero-order valence-electron chi connectivity index (χ0n) is 11.6. The van der Waals surface area contributed by atoms with Gasteiger partial charge in [-0.15, -0.1) is 0 Å². The zero-order valence-corrected chi connectivity index (χ0v) is 11.6. The van der Waals surface area contributed by atoms with Crippen LogP contribution in [0.15, 0.2) is 60.7 Å². The van der Waals surface area contributed by atoms with Crippen LogP contribution < -0.4 is 5.32 Å². The topological polar surface area (TPSA) is 38.3 Å². The van der Waals surface area contributed by atoms with Crippen LogP contribution >= 0.6 is 0 Å². The number of rotatable bonds is 7. The smallest absolute Gasteiger partial charge is 0.184 e. The first-order valence-electron chi connectivity index (χ1n) is 6.69. The van der Waals surface area contributed by atoms with E-state index in [4.69, 9.17) is 4.74 Å². The lowest BCUT2D eigenvalue weighted by molar-refractivity contribution is 0.0936. The van der Waals surface area contributed by atoms with Crippen LogP contribution in [-0.2, 0) is 4.74 Å². The zero-order chi connectivity index (χ0) is 14.2. The van der Waals surface area contributed by atoms with Crippen molar-refractivity contribution in [1.29, 1.82) is 0 Å². The average molecular weight is 269 g/mol. The Hall–Kier alpha value is -1.97. The third-order valence-electron chi connectivity index (χ3n) is 3.11. The van der Waals surface area contributed by atoms with Gasteiger partial charge >= 0.3 is 0 Å². The number of hydrogen-bond donors (Lipinski definition) is 1. The fourth-order valence-corrected chi connectivity index (χ4v) is 2.08. The fourth-order valence-electron chi connectivity index (χ4n) is 2.08. The van der Waals surface area contributed by atoms with Crippen molar-refractivity contribution in [3.05, 3.63) is 71.8 Å². The van der Waals surface area contributed by atoms with Crippen LogP contribution in [0.3, 0.4) is 0 Å². The van der Waals surface area contributed by atoms with Crippen molar-refractivity contribution >= 4 is 5.78 Å². The van der Waals surface area contributed by atoms with Gasteiger partial charge in [-0.2, -0.15) is 0 Å². The summed E-state index contributed by atoms with van der Waals surface area (Å²) in [6.07, 6.45) is 0. The fraction of sp³-hybridized carbons (Fsp3) is 0.235. The first-order valence-corrected chi connectivity index (χ1v) is 6.69. The molecule has 0 unspecified atom stereocenters. The van der Waals surface area contributed by atoms with Gasteiger partial charge in [-0.3, -0.25) is 4.79 Å². The maximum atomic E-state index is 12.6. The second-order valence-corrected chi connectivity index (χ2v) is 4.52. The van der Waals surface area contributed by atoms with Crippen molar-refractivity contribution in [2.24, 2.45) is 0 Å². The van der Waals surface area contributed by atoms with E-state index in [2.05, 4.69) is 5.32 Å². The van der Waals surface area contributed by atoms with E-state index in [0.29, 0.717) is 18.7 Å². The minimum atomic E-state index is -0.339. The summed E-state index contributed by atoms with van der Waals surface area (Å²) in [6.45, 7) is 1.21. The Bertz CT molecular complexity index is 525. The summed E-state index contributed by atoms with van der Waals surface area (Å²) in [5.41, 5.74) is 1.68. The van der Waals surface area contributed by atoms with Crippen molar-refractivity contribution in [3.8, 4) is 0 Å². The van der Waals surface area contributed by atoms with Gasteiger partial charge < -0.3 is 10.1 Å². The maximum Gasteiger partial charge on any atom is 0.184 e. The minimum absolute atomic E-state index is 0.0768. The van der Waals surface area contributed by atoms with Gasteiger partial charge in [-0.05, 0) is 5.56 Å². The summed E-state index contributed by atoms with van der Waals surface area (Å²) < 4.78 is 5.04. The Morgan fingerprint density at radius 3 is 2.25 bits per heavy atom. The molecule has 0 aliphatic carbocycles. The van der Waals surface area contributed by atoms with Crippen LogP contribution in [0.2, 0.25) is 0 Å². The van der Waals surface area contributed by atoms with E-state index in [-0.39, 0.29) is 11.8 Å². The lowest BCUT2D eigenvalue weighted by Gasteiger charge is -2.18. The molecule has 0 bridgehead atoms. The number of ether oxygens (including phenoxy) is 1. The molecule has 0 saturated heterocycles. The third-order valence-corrected chi connectivity index (χ3v) is 3.11. The molecule has 0 amide bonds. The molecule has 3 heteroatoms. The molecule has 0 aliphatic rings. The third kappa shape index (κ3) is 3.76. The molecule has 20 heavy (non-hydrogen) atoms. The highest BCUT2D eigenvalue weighted by Crippen LogP contribution is 2.18. The summed E-state index contributed by atoms with van der Waals surface area (Å²) in [7, 11) is 1.65.